The number of aliphatic hydroxyl groups excluding tert-OH is 1. The maximum absolute atomic E-state index is 10.5. The number of phenolic OH excluding ortho intramolecular Hbond substituents is 1. The van der Waals surface area contributed by atoms with Crippen LogP contribution >= 0.6 is 0 Å². The number of carboxylic acids is 1. The van der Waals surface area contributed by atoms with Gasteiger partial charge in [-0.2, -0.15) is 0 Å². The summed E-state index contributed by atoms with van der Waals surface area (Å²) >= 11 is 0. The van der Waals surface area contributed by atoms with E-state index >= 15 is 0 Å². The van der Waals surface area contributed by atoms with Crippen LogP contribution < -0.4 is 0 Å². The Kier molecular flexibility index (Phi) is 4.54. The maximum atomic E-state index is 10.5. The van der Waals surface area contributed by atoms with E-state index in [-0.39, 0.29) is 11.3 Å². The molecule has 0 aromatic heterocycles. The van der Waals surface area contributed by atoms with Crippen LogP contribution in [0.5, 0.6) is 5.75 Å². The molecule has 0 atom stereocenters. The van der Waals surface area contributed by atoms with Gasteiger partial charge in [0.15, 0.2) is 0 Å². The predicted molar refractivity (Wildman–Crippen MR) is 47.9 cm³/mol. The molecule has 0 amide bonds. The standard InChI is InChI=1S/C8H8O3.CH4O/c1-5-4-6(9)2-3-7(5)8(10)11;1-2/h2-4,9H,1H3,(H,10,11);2H,1H3. The zero-order chi connectivity index (χ0) is 10.4. The van der Waals surface area contributed by atoms with Crippen LogP contribution in [-0.4, -0.2) is 28.4 Å². The summed E-state index contributed by atoms with van der Waals surface area (Å²) < 4.78 is 0. The van der Waals surface area contributed by atoms with Gasteiger partial charge in [0.25, 0.3) is 0 Å². The van der Waals surface area contributed by atoms with Crippen molar-refractivity contribution in [3.05, 3.63) is 29.3 Å². The van der Waals surface area contributed by atoms with Crippen molar-refractivity contribution in [3.63, 3.8) is 0 Å². The predicted octanol–water partition coefficient (Wildman–Crippen LogP) is 1.01. The topological polar surface area (TPSA) is 77.8 Å². The summed E-state index contributed by atoms with van der Waals surface area (Å²) in [5.41, 5.74) is 0.792. The molecule has 0 aliphatic carbocycles. The molecule has 72 valence electrons. The number of hydrogen-bond donors (Lipinski definition) is 3. The van der Waals surface area contributed by atoms with Crippen LogP contribution in [0.1, 0.15) is 15.9 Å². The zero-order valence-corrected chi connectivity index (χ0v) is 7.48. The van der Waals surface area contributed by atoms with Gasteiger partial charge in [0, 0.05) is 7.11 Å². The molecule has 0 bridgehead atoms. The molecule has 0 unspecified atom stereocenters. The van der Waals surface area contributed by atoms with Gasteiger partial charge >= 0.3 is 5.97 Å². The largest absolute Gasteiger partial charge is 0.508 e. The molecule has 0 saturated heterocycles. The van der Waals surface area contributed by atoms with Gasteiger partial charge in [0.05, 0.1) is 5.56 Å². The van der Waals surface area contributed by atoms with E-state index in [2.05, 4.69) is 0 Å². The van der Waals surface area contributed by atoms with Gasteiger partial charge in [-0.1, -0.05) is 0 Å². The van der Waals surface area contributed by atoms with E-state index in [4.69, 9.17) is 15.3 Å². The van der Waals surface area contributed by atoms with Gasteiger partial charge in [-0.3, -0.25) is 0 Å². The summed E-state index contributed by atoms with van der Waals surface area (Å²) in [6.45, 7) is 1.64. The molecule has 1 aromatic rings. The number of aryl methyl sites for hydroxylation is 1. The minimum absolute atomic E-state index is 0.0903. The number of benzene rings is 1. The molecule has 0 fully saturated rings. The molecule has 3 N–H and O–H groups in total. The Balaban J connectivity index is 0.000000671. The highest BCUT2D eigenvalue weighted by atomic mass is 16.4. The minimum Gasteiger partial charge on any atom is -0.508 e. The first-order valence-corrected chi connectivity index (χ1v) is 3.59. The highest BCUT2D eigenvalue weighted by Crippen LogP contribution is 2.14. The Hall–Kier alpha value is -1.55. The fourth-order valence-corrected chi connectivity index (χ4v) is 0.888. The van der Waals surface area contributed by atoms with Crippen LogP contribution in [0.4, 0.5) is 0 Å². The second-order valence-corrected chi connectivity index (χ2v) is 2.30. The number of aliphatic hydroxyl groups is 1. The summed E-state index contributed by atoms with van der Waals surface area (Å²) in [5.74, 6) is -0.880. The molecule has 0 spiro atoms. The summed E-state index contributed by atoms with van der Waals surface area (Å²) in [6.07, 6.45) is 0. The molecule has 1 aromatic carbocycles. The fraction of sp³-hybridized carbons (Fsp3) is 0.222. The Morgan fingerprint density at radius 2 is 1.85 bits per heavy atom. The van der Waals surface area contributed by atoms with Crippen LogP contribution in [0.2, 0.25) is 0 Å². The first-order valence-electron chi connectivity index (χ1n) is 3.59. The first-order chi connectivity index (χ1) is 6.11. The van der Waals surface area contributed by atoms with E-state index in [0.717, 1.165) is 7.11 Å². The first kappa shape index (κ1) is 11.4. The van der Waals surface area contributed by atoms with E-state index < -0.39 is 5.97 Å². The normalized spacial score (nSPS) is 8.54. The van der Waals surface area contributed by atoms with Crippen molar-refractivity contribution in [1.82, 2.24) is 0 Å². The number of aromatic hydroxyl groups is 1. The summed E-state index contributed by atoms with van der Waals surface area (Å²) in [7, 11) is 1.00. The molecule has 0 saturated carbocycles. The lowest BCUT2D eigenvalue weighted by molar-refractivity contribution is 0.0696. The van der Waals surface area contributed by atoms with E-state index in [9.17, 15) is 4.79 Å². The SMILES string of the molecule is CO.Cc1cc(O)ccc1C(=O)O. The summed E-state index contributed by atoms with van der Waals surface area (Å²) in [5, 5.41) is 24.5. The molecule has 0 heterocycles. The molecule has 0 aliphatic rings. The lowest BCUT2D eigenvalue weighted by Crippen LogP contribution is -1.98. The Morgan fingerprint density at radius 3 is 2.23 bits per heavy atom. The lowest BCUT2D eigenvalue weighted by atomic mass is 10.1. The van der Waals surface area contributed by atoms with Crippen LogP contribution in [-0.2, 0) is 0 Å². The lowest BCUT2D eigenvalue weighted by Gasteiger charge is -1.99. The second kappa shape index (κ2) is 5.16. The average Bonchev–Trinajstić information content (AvgIpc) is 2.07. The molecule has 4 heteroatoms. The number of phenols is 1. The molecule has 1 rings (SSSR count). The molecule has 0 radical (unpaired) electrons. The number of carboxylic acid groups (broad SMARTS) is 1. The molecule has 13 heavy (non-hydrogen) atoms. The average molecular weight is 184 g/mol. The molecular weight excluding hydrogens is 172 g/mol. The smallest absolute Gasteiger partial charge is 0.335 e. The Morgan fingerprint density at radius 1 is 1.31 bits per heavy atom. The number of rotatable bonds is 1. The Bertz CT molecular complexity index is 294. The third-order valence-corrected chi connectivity index (χ3v) is 1.44. The zero-order valence-electron chi connectivity index (χ0n) is 7.48. The summed E-state index contributed by atoms with van der Waals surface area (Å²) in [4.78, 5) is 10.5. The fourth-order valence-electron chi connectivity index (χ4n) is 0.888. The van der Waals surface area contributed by atoms with Gasteiger partial charge in [0.2, 0.25) is 0 Å². The van der Waals surface area contributed by atoms with Crippen molar-refractivity contribution >= 4 is 5.97 Å². The second-order valence-electron chi connectivity index (χ2n) is 2.30. The monoisotopic (exact) mass is 184 g/mol. The van der Waals surface area contributed by atoms with E-state index in [1.54, 1.807) is 6.92 Å². The molecular formula is C9H12O4. The maximum Gasteiger partial charge on any atom is 0.335 e. The van der Waals surface area contributed by atoms with Crippen molar-refractivity contribution in [2.45, 2.75) is 6.92 Å². The third-order valence-electron chi connectivity index (χ3n) is 1.44. The number of carbonyl (C=O) groups is 1. The van der Waals surface area contributed by atoms with Crippen LogP contribution in [0, 0.1) is 6.92 Å². The summed E-state index contributed by atoms with van der Waals surface area (Å²) in [6, 6.07) is 4.16. The van der Waals surface area contributed by atoms with E-state index in [0.29, 0.717) is 5.56 Å². The van der Waals surface area contributed by atoms with Crippen molar-refractivity contribution in [2.75, 3.05) is 7.11 Å². The number of aromatic carboxylic acids is 1. The van der Waals surface area contributed by atoms with E-state index in [1.165, 1.54) is 18.2 Å². The van der Waals surface area contributed by atoms with Gasteiger partial charge in [-0.15, -0.1) is 0 Å². The quantitative estimate of drug-likeness (QED) is 0.608. The van der Waals surface area contributed by atoms with Crippen molar-refractivity contribution in [1.29, 1.82) is 0 Å². The van der Waals surface area contributed by atoms with Crippen molar-refractivity contribution in [2.24, 2.45) is 0 Å². The van der Waals surface area contributed by atoms with Gasteiger partial charge in [0.1, 0.15) is 5.75 Å². The van der Waals surface area contributed by atoms with Gasteiger partial charge in [-0.25, -0.2) is 4.79 Å². The van der Waals surface area contributed by atoms with Crippen LogP contribution in [0.3, 0.4) is 0 Å². The van der Waals surface area contributed by atoms with Crippen LogP contribution in [0.25, 0.3) is 0 Å². The van der Waals surface area contributed by atoms with Crippen molar-refractivity contribution < 1.29 is 20.1 Å². The number of hydrogen-bond acceptors (Lipinski definition) is 3. The highest BCUT2D eigenvalue weighted by molar-refractivity contribution is 5.89. The minimum atomic E-state index is -0.970. The molecule has 4 nitrogen and oxygen atoms in total. The highest BCUT2D eigenvalue weighted by Gasteiger charge is 2.05. The molecule has 0 aliphatic heterocycles. The van der Waals surface area contributed by atoms with Gasteiger partial charge in [-0.05, 0) is 30.7 Å². The van der Waals surface area contributed by atoms with E-state index in [1.807, 2.05) is 0 Å². The van der Waals surface area contributed by atoms with Gasteiger partial charge < -0.3 is 15.3 Å². The van der Waals surface area contributed by atoms with Crippen LogP contribution in [0.15, 0.2) is 18.2 Å². The third kappa shape index (κ3) is 3.13. The Labute approximate surface area is 76.1 Å². The van der Waals surface area contributed by atoms with Crippen molar-refractivity contribution in [3.8, 4) is 5.75 Å².